The third-order valence-corrected chi connectivity index (χ3v) is 4.17. The minimum atomic E-state index is -0.544. The maximum Gasteiger partial charge on any atom is 0.243 e. The summed E-state index contributed by atoms with van der Waals surface area (Å²) in [4.78, 5) is 14.8. The molecule has 0 saturated carbocycles. The van der Waals surface area contributed by atoms with Gasteiger partial charge in [-0.2, -0.15) is 0 Å². The standard InChI is InChI=1S/C16H22BrNO/c1-11-10-15(2,3)18(14(19)16(4,5)17)13-9-7-6-8-12(11)13/h6-9,11H,10H2,1-5H3. The number of hydrogen-bond donors (Lipinski definition) is 0. The Kier molecular flexibility index (Phi) is 3.54. The maximum atomic E-state index is 12.8. The summed E-state index contributed by atoms with van der Waals surface area (Å²) in [5, 5.41) is 0. The fourth-order valence-corrected chi connectivity index (χ4v) is 3.21. The number of alkyl halides is 1. The van der Waals surface area contributed by atoms with Crippen molar-refractivity contribution in [1.29, 1.82) is 0 Å². The fourth-order valence-electron chi connectivity index (χ4n) is 3.03. The summed E-state index contributed by atoms with van der Waals surface area (Å²) >= 11 is 3.51. The van der Waals surface area contributed by atoms with Crippen LogP contribution in [0.1, 0.15) is 52.5 Å². The van der Waals surface area contributed by atoms with Gasteiger partial charge in [0.1, 0.15) is 0 Å². The lowest BCUT2D eigenvalue weighted by atomic mass is 9.79. The van der Waals surface area contributed by atoms with Gasteiger partial charge in [-0.3, -0.25) is 4.79 Å². The van der Waals surface area contributed by atoms with Gasteiger partial charge in [0.2, 0.25) is 5.91 Å². The second-order valence-electron chi connectivity index (χ2n) is 6.59. The molecule has 1 amide bonds. The van der Waals surface area contributed by atoms with Crippen molar-refractivity contribution in [3.8, 4) is 0 Å². The molecule has 0 aromatic heterocycles. The van der Waals surface area contributed by atoms with Crippen molar-refractivity contribution in [3.05, 3.63) is 29.8 Å². The minimum Gasteiger partial charge on any atom is -0.305 e. The fraction of sp³-hybridized carbons (Fsp3) is 0.562. The third-order valence-electron chi connectivity index (χ3n) is 3.83. The van der Waals surface area contributed by atoms with E-state index in [1.165, 1.54) is 5.56 Å². The van der Waals surface area contributed by atoms with Crippen LogP contribution in [0.5, 0.6) is 0 Å². The number of rotatable bonds is 1. The van der Waals surface area contributed by atoms with Crippen molar-refractivity contribution in [2.24, 2.45) is 0 Å². The first-order chi connectivity index (χ1) is 8.64. The highest BCUT2D eigenvalue weighted by Gasteiger charge is 2.43. The van der Waals surface area contributed by atoms with Crippen LogP contribution >= 0.6 is 15.9 Å². The predicted octanol–water partition coefficient (Wildman–Crippen LogP) is 4.48. The molecule has 1 unspecified atom stereocenters. The lowest BCUT2D eigenvalue weighted by molar-refractivity contribution is -0.121. The SMILES string of the molecule is CC1CC(C)(C)N(C(=O)C(C)(C)Br)c2ccccc21. The summed E-state index contributed by atoms with van der Waals surface area (Å²) < 4.78 is -0.544. The number of anilines is 1. The second kappa shape index (κ2) is 4.62. The number of hydrogen-bond acceptors (Lipinski definition) is 1. The molecule has 1 atom stereocenters. The molecule has 2 rings (SSSR count). The van der Waals surface area contributed by atoms with E-state index in [0.717, 1.165) is 12.1 Å². The smallest absolute Gasteiger partial charge is 0.243 e. The molecule has 1 aliphatic heterocycles. The van der Waals surface area contributed by atoms with Crippen LogP contribution in [-0.2, 0) is 4.79 Å². The Bertz CT molecular complexity index is 502. The molecule has 1 aromatic carbocycles. The second-order valence-corrected chi connectivity index (χ2v) is 8.57. The quantitative estimate of drug-likeness (QED) is 0.698. The molecule has 19 heavy (non-hydrogen) atoms. The zero-order valence-corrected chi connectivity index (χ0v) is 13.9. The highest BCUT2D eigenvalue weighted by Crippen LogP contribution is 2.44. The summed E-state index contributed by atoms with van der Waals surface area (Å²) in [5.74, 6) is 0.602. The molecule has 2 nitrogen and oxygen atoms in total. The van der Waals surface area contributed by atoms with E-state index >= 15 is 0 Å². The van der Waals surface area contributed by atoms with E-state index in [9.17, 15) is 4.79 Å². The molecule has 0 saturated heterocycles. The average Bonchev–Trinajstić information content (AvgIpc) is 2.26. The van der Waals surface area contributed by atoms with Crippen LogP contribution in [0.2, 0.25) is 0 Å². The predicted molar refractivity (Wildman–Crippen MR) is 84.0 cm³/mol. The van der Waals surface area contributed by atoms with Crippen LogP contribution in [0, 0.1) is 0 Å². The van der Waals surface area contributed by atoms with Crippen LogP contribution in [0.3, 0.4) is 0 Å². The highest BCUT2D eigenvalue weighted by molar-refractivity contribution is 9.10. The van der Waals surface area contributed by atoms with Gasteiger partial charge in [-0.25, -0.2) is 0 Å². The number of nitrogens with zero attached hydrogens (tertiary/aromatic N) is 1. The summed E-state index contributed by atoms with van der Waals surface area (Å²) in [6, 6.07) is 8.25. The Balaban J connectivity index is 2.57. The van der Waals surface area contributed by atoms with Gasteiger partial charge in [-0.1, -0.05) is 41.1 Å². The van der Waals surface area contributed by atoms with Crippen LogP contribution in [0.25, 0.3) is 0 Å². The molecule has 0 spiro atoms. The van der Waals surface area contributed by atoms with Gasteiger partial charge in [0.05, 0.1) is 4.32 Å². The number of halogens is 1. The molecule has 0 fully saturated rings. The Morgan fingerprint density at radius 2 is 1.95 bits per heavy atom. The van der Waals surface area contributed by atoms with Crippen molar-refractivity contribution in [3.63, 3.8) is 0 Å². The molecule has 1 aromatic rings. The molecule has 1 aliphatic rings. The third kappa shape index (κ3) is 2.58. The first kappa shape index (κ1) is 14.6. The van der Waals surface area contributed by atoms with E-state index in [0.29, 0.717) is 5.92 Å². The van der Waals surface area contributed by atoms with Crippen molar-refractivity contribution < 1.29 is 4.79 Å². The number of para-hydroxylation sites is 1. The van der Waals surface area contributed by atoms with Crippen LogP contribution in [0.4, 0.5) is 5.69 Å². The average molecular weight is 324 g/mol. The van der Waals surface area contributed by atoms with E-state index in [1.807, 2.05) is 24.8 Å². The number of benzene rings is 1. The van der Waals surface area contributed by atoms with Gasteiger partial charge in [0.25, 0.3) is 0 Å². The first-order valence-electron chi connectivity index (χ1n) is 6.77. The van der Waals surface area contributed by atoms with Gasteiger partial charge in [-0.05, 0) is 51.7 Å². The van der Waals surface area contributed by atoms with Gasteiger partial charge >= 0.3 is 0 Å². The lowest BCUT2D eigenvalue weighted by Crippen LogP contribution is -2.56. The zero-order chi connectivity index (χ0) is 14.4. The van der Waals surface area contributed by atoms with Crippen molar-refractivity contribution in [2.75, 3.05) is 4.90 Å². The summed E-state index contributed by atoms with van der Waals surface area (Å²) in [6.07, 6.45) is 0.985. The number of carbonyl (C=O) groups excluding carboxylic acids is 1. The van der Waals surface area contributed by atoms with Crippen molar-refractivity contribution in [1.82, 2.24) is 0 Å². The van der Waals surface area contributed by atoms with E-state index in [-0.39, 0.29) is 11.4 Å². The molecular weight excluding hydrogens is 302 g/mol. The van der Waals surface area contributed by atoms with Crippen molar-refractivity contribution in [2.45, 2.75) is 56.8 Å². The Labute approximate surface area is 124 Å². The Morgan fingerprint density at radius 1 is 1.37 bits per heavy atom. The van der Waals surface area contributed by atoms with E-state index in [2.05, 4.69) is 54.9 Å². The van der Waals surface area contributed by atoms with Crippen LogP contribution < -0.4 is 4.90 Å². The van der Waals surface area contributed by atoms with Crippen molar-refractivity contribution >= 4 is 27.5 Å². The summed E-state index contributed by atoms with van der Waals surface area (Å²) in [7, 11) is 0. The van der Waals surface area contributed by atoms with Gasteiger partial charge in [0, 0.05) is 11.2 Å². The number of amides is 1. The zero-order valence-electron chi connectivity index (χ0n) is 12.3. The van der Waals surface area contributed by atoms with Crippen LogP contribution in [-0.4, -0.2) is 15.8 Å². The highest BCUT2D eigenvalue weighted by atomic mass is 79.9. The summed E-state index contributed by atoms with van der Waals surface area (Å²) in [6.45, 7) is 10.4. The first-order valence-corrected chi connectivity index (χ1v) is 7.56. The number of carbonyl (C=O) groups is 1. The van der Waals surface area contributed by atoms with Gasteiger partial charge in [0.15, 0.2) is 0 Å². The largest absolute Gasteiger partial charge is 0.305 e. The maximum absolute atomic E-state index is 12.8. The molecule has 0 aliphatic carbocycles. The molecule has 3 heteroatoms. The van der Waals surface area contributed by atoms with E-state index in [1.54, 1.807) is 0 Å². The molecule has 1 heterocycles. The molecule has 0 bridgehead atoms. The van der Waals surface area contributed by atoms with E-state index in [4.69, 9.17) is 0 Å². The molecule has 0 N–H and O–H groups in total. The van der Waals surface area contributed by atoms with Gasteiger partial charge < -0.3 is 4.90 Å². The topological polar surface area (TPSA) is 20.3 Å². The number of fused-ring (bicyclic) bond motifs is 1. The van der Waals surface area contributed by atoms with E-state index < -0.39 is 4.32 Å². The van der Waals surface area contributed by atoms with Crippen LogP contribution in [0.15, 0.2) is 24.3 Å². The Hall–Kier alpha value is -0.830. The lowest BCUT2D eigenvalue weighted by Gasteiger charge is -2.47. The monoisotopic (exact) mass is 323 g/mol. The van der Waals surface area contributed by atoms with Gasteiger partial charge in [-0.15, -0.1) is 0 Å². The Morgan fingerprint density at radius 3 is 2.53 bits per heavy atom. The molecule has 0 radical (unpaired) electrons. The molecule has 104 valence electrons. The summed E-state index contributed by atoms with van der Waals surface area (Å²) in [5.41, 5.74) is 2.17. The normalized spacial score (nSPS) is 22.0. The minimum absolute atomic E-state index is 0.122. The molecular formula is C16H22BrNO.